The number of carboxylic acids is 1. The van der Waals surface area contributed by atoms with E-state index >= 15 is 0 Å². The van der Waals surface area contributed by atoms with Crippen LogP contribution >= 0.6 is 0 Å². The van der Waals surface area contributed by atoms with Crippen LogP contribution in [0, 0.1) is 5.92 Å². The van der Waals surface area contributed by atoms with Crippen molar-refractivity contribution in [2.75, 3.05) is 0 Å². The molecule has 2 unspecified atom stereocenters. The van der Waals surface area contributed by atoms with E-state index in [1.165, 1.54) is 18.7 Å². The molecule has 0 spiro atoms. The molecule has 1 aromatic heterocycles. The molecule has 0 bridgehead atoms. The average molecular weight is 291 g/mol. The molecule has 114 valence electrons. The fraction of sp³-hybridized carbons (Fsp3) is 0.533. The summed E-state index contributed by atoms with van der Waals surface area (Å²) in [4.78, 5) is 26.3. The van der Waals surface area contributed by atoms with Gasteiger partial charge in [-0.3, -0.25) is 0 Å². The second-order valence-electron chi connectivity index (χ2n) is 5.65. The lowest BCUT2D eigenvalue weighted by molar-refractivity contribution is 0.0690. The van der Waals surface area contributed by atoms with E-state index in [0.29, 0.717) is 12.5 Å². The number of rotatable bonds is 4. The van der Waals surface area contributed by atoms with Crippen LogP contribution in [0.5, 0.6) is 0 Å². The zero-order valence-electron chi connectivity index (χ0n) is 12.1. The highest BCUT2D eigenvalue weighted by atomic mass is 16.4. The molecule has 1 aliphatic rings. The topological polar surface area (TPSA) is 91.3 Å². The van der Waals surface area contributed by atoms with E-state index in [2.05, 4.69) is 22.5 Å². The number of carboxylic acid groups (broad SMARTS) is 1. The molecular weight excluding hydrogens is 270 g/mol. The van der Waals surface area contributed by atoms with Crippen LogP contribution in [-0.4, -0.2) is 28.1 Å². The molecule has 1 fully saturated rings. The summed E-state index contributed by atoms with van der Waals surface area (Å²) >= 11 is 0. The lowest BCUT2D eigenvalue weighted by Gasteiger charge is -2.27. The van der Waals surface area contributed by atoms with Gasteiger partial charge in [-0.2, -0.15) is 0 Å². The predicted octanol–water partition coefficient (Wildman–Crippen LogP) is 2.16. The summed E-state index contributed by atoms with van der Waals surface area (Å²) in [5.74, 6) is -0.393. The highest BCUT2D eigenvalue weighted by Gasteiger charge is 2.20. The number of carbonyl (C=O) groups excluding carboxylic acids is 1. The summed E-state index contributed by atoms with van der Waals surface area (Å²) in [7, 11) is 0. The fourth-order valence-corrected chi connectivity index (χ4v) is 2.64. The molecular formula is C15H21N3O3. The van der Waals surface area contributed by atoms with Gasteiger partial charge in [0.05, 0.1) is 0 Å². The van der Waals surface area contributed by atoms with Crippen molar-refractivity contribution in [3.05, 3.63) is 29.6 Å². The summed E-state index contributed by atoms with van der Waals surface area (Å²) in [6.07, 6.45) is 5.93. The van der Waals surface area contributed by atoms with Crippen LogP contribution in [0.25, 0.3) is 0 Å². The predicted molar refractivity (Wildman–Crippen MR) is 78.0 cm³/mol. The number of nitrogens with zero attached hydrogens (tertiary/aromatic N) is 1. The minimum absolute atomic E-state index is 0.000560. The Kier molecular flexibility index (Phi) is 5.14. The van der Waals surface area contributed by atoms with E-state index < -0.39 is 5.97 Å². The molecule has 0 aromatic carbocycles. The maximum Gasteiger partial charge on any atom is 0.354 e. The van der Waals surface area contributed by atoms with Crippen LogP contribution in [0.1, 0.15) is 48.7 Å². The number of hydrogen-bond acceptors (Lipinski definition) is 3. The summed E-state index contributed by atoms with van der Waals surface area (Å²) < 4.78 is 0. The molecule has 1 aromatic rings. The first-order valence-corrected chi connectivity index (χ1v) is 7.27. The SMILES string of the molecule is CC1CCCC(NC(=O)NCc2ccc(C(=O)O)nc2)C1. The van der Waals surface area contributed by atoms with Gasteiger partial charge >= 0.3 is 12.0 Å². The molecule has 0 aliphatic heterocycles. The smallest absolute Gasteiger partial charge is 0.354 e. The minimum Gasteiger partial charge on any atom is -0.477 e. The van der Waals surface area contributed by atoms with Crippen molar-refractivity contribution >= 4 is 12.0 Å². The Bertz CT molecular complexity index is 501. The summed E-state index contributed by atoms with van der Waals surface area (Å²) in [6.45, 7) is 2.54. The average Bonchev–Trinajstić information content (AvgIpc) is 2.45. The lowest BCUT2D eigenvalue weighted by Crippen LogP contribution is -2.43. The van der Waals surface area contributed by atoms with Crippen LogP contribution in [0.2, 0.25) is 0 Å². The van der Waals surface area contributed by atoms with Gasteiger partial charge in [-0.15, -0.1) is 0 Å². The van der Waals surface area contributed by atoms with E-state index in [-0.39, 0.29) is 17.8 Å². The van der Waals surface area contributed by atoms with Crippen LogP contribution in [0.15, 0.2) is 18.3 Å². The Morgan fingerprint density at radius 2 is 2.19 bits per heavy atom. The molecule has 1 heterocycles. The number of amides is 2. The number of carbonyl (C=O) groups is 2. The van der Waals surface area contributed by atoms with Crippen molar-refractivity contribution in [1.29, 1.82) is 0 Å². The Labute approximate surface area is 124 Å². The molecule has 1 aliphatic carbocycles. The maximum absolute atomic E-state index is 11.8. The molecule has 2 rings (SSSR count). The highest BCUT2D eigenvalue weighted by molar-refractivity contribution is 5.85. The molecule has 21 heavy (non-hydrogen) atoms. The van der Waals surface area contributed by atoms with Crippen molar-refractivity contribution in [1.82, 2.24) is 15.6 Å². The normalized spacial score (nSPS) is 21.6. The molecule has 2 amide bonds. The number of nitrogens with one attached hydrogen (secondary N) is 2. The Hall–Kier alpha value is -2.11. The number of hydrogen-bond donors (Lipinski definition) is 3. The van der Waals surface area contributed by atoms with Gasteiger partial charge in [-0.05, 0) is 30.4 Å². The van der Waals surface area contributed by atoms with Crippen molar-refractivity contribution in [3.8, 4) is 0 Å². The molecule has 3 N–H and O–H groups in total. The largest absolute Gasteiger partial charge is 0.477 e. The van der Waals surface area contributed by atoms with E-state index in [1.807, 2.05) is 0 Å². The number of pyridine rings is 1. The summed E-state index contributed by atoms with van der Waals surface area (Å²) in [6, 6.07) is 3.15. The van der Waals surface area contributed by atoms with Gasteiger partial charge in [-0.25, -0.2) is 14.6 Å². The van der Waals surface area contributed by atoms with Crippen molar-refractivity contribution in [2.45, 2.75) is 45.2 Å². The third-order valence-electron chi connectivity index (χ3n) is 3.77. The van der Waals surface area contributed by atoms with Crippen molar-refractivity contribution < 1.29 is 14.7 Å². The van der Waals surface area contributed by atoms with Crippen LogP contribution in [0.4, 0.5) is 4.79 Å². The summed E-state index contributed by atoms with van der Waals surface area (Å²) in [5.41, 5.74) is 0.770. The zero-order chi connectivity index (χ0) is 15.2. The van der Waals surface area contributed by atoms with Crippen LogP contribution < -0.4 is 10.6 Å². The van der Waals surface area contributed by atoms with Crippen molar-refractivity contribution in [2.24, 2.45) is 5.92 Å². The monoisotopic (exact) mass is 291 g/mol. The van der Waals surface area contributed by atoms with E-state index in [4.69, 9.17) is 5.11 Å². The van der Waals surface area contributed by atoms with Gasteiger partial charge in [0.2, 0.25) is 0 Å². The zero-order valence-corrected chi connectivity index (χ0v) is 12.1. The molecule has 0 saturated heterocycles. The fourth-order valence-electron chi connectivity index (χ4n) is 2.64. The third kappa shape index (κ3) is 4.73. The quantitative estimate of drug-likeness (QED) is 0.792. The second kappa shape index (κ2) is 7.06. The standard InChI is InChI=1S/C15H21N3O3/c1-10-3-2-4-12(7-10)18-15(21)17-9-11-5-6-13(14(19)20)16-8-11/h5-6,8,10,12H,2-4,7,9H2,1H3,(H,19,20)(H2,17,18,21). The second-order valence-corrected chi connectivity index (χ2v) is 5.65. The Balaban J connectivity index is 1.76. The van der Waals surface area contributed by atoms with Gasteiger partial charge in [0.25, 0.3) is 0 Å². The lowest BCUT2D eigenvalue weighted by atomic mass is 9.87. The first-order chi connectivity index (χ1) is 10.0. The summed E-state index contributed by atoms with van der Waals surface area (Å²) in [5, 5.41) is 14.5. The van der Waals surface area contributed by atoms with Crippen LogP contribution in [0.3, 0.4) is 0 Å². The highest BCUT2D eigenvalue weighted by Crippen LogP contribution is 2.23. The number of urea groups is 1. The van der Waals surface area contributed by atoms with Crippen LogP contribution in [-0.2, 0) is 6.54 Å². The van der Waals surface area contributed by atoms with E-state index in [1.54, 1.807) is 6.07 Å². The molecule has 6 heteroatoms. The van der Waals surface area contributed by atoms with Gasteiger partial charge in [0.1, 0.15) is 5.69 Å². The molecule has 2 atom stereocenters. The first kappa shape index (κ1) is 15.3. The van der Waals surface area contributed by atoms with Gasteiger partial charge in [0.15, 0.2) is 0 Å². The maximum atomic E-state index is 11.8. The van der Waals surface area contributed by atoms with Gasteiger partial charge < -0.3 is 15.7 Å². The number of aromatic nitrogens is 1. The van der Waals surface area contributed by atoms with Crippen molar-refractivity contribution in [3.63, 3.8) is 0 Å². The molecule has 0 radical (unpaired) electrons. The molecule has 1 saturated carbocycles. The van der Waals surface area contributed by atoms with E-state index in [9.17, 15) is 9.59 Å². The Morgan fingerprint density at radius 1 is 1.38 bits per heavy atom. The van der Waals surface area contributed by atoms with E-state index in [0.717, 1.165) is 24.8 Å². The van der Waals surface area contributed by atoms with Gasteiger partial charge in [-0.1, -0.05) is 25.8 Å². The molecule has 6 nitrogen and oxygen atoms in total. The van der Waals surface area contributed by atoms with Gasteiger partial charge in [0, 0.05) is 18.8 Å². The minimum atomic E-state index is -1.06. The first-order valence-electron chi connectivity index (χ1n) is 7.27. The number of aromatic carboxylic acids is 1. The Morgan fingerprint density at radius 3 is 2.81 bits per heavy atom. The third-order valence-corrected chi connectivity index (χ3v) is 3.77.